The van der Waals surface area contributed by atoms with Gasteiger partial charge in [-0.15, -0.1) is 0 Å². The van der Waals surface area contributed by atoms with E-state index in [0.29, 0.717) is 5.65 Å². The molecule has 0 bridgehead atoms. The molecule has 0 N–H and O–H groups in total. The summed E-state index contributed by atoms with van der Waals surface area (Å²) < 4.78 is 29.9. The molecular weight excluding hydrogens is 388 g/mol. The number of rotatable bonds is 4. The number of nitrogens with zero attached hydrogens (tertiary/aromatic N) is 4. The predicted molar refractivity (Wildman–Crippen MR) is 111 cm³/mol. The molecule has 0 amide bonds. The van der Waals surface area contributed by atoms with Crippen molar-refractivity contribution >= 4 is 15.5 Å². The van der Waals surface area contributed by atoms with E-state index in [2.05, 4.69) is 9.97 Å². The highest BCUT2D eigenvalue weighted by atomic mass is 32.2. The molecule has 0 saturated heterocycles. The number of aromatic nitrogens is 4. The van der Waals surface area contributed by atoms with Crippen molar-refractivity contribution in [1.29, 1.82) is 0 Å². The maximum absolute atomic E-state index is 13.3. The second-order valence-electron chi connectivity index (χ2n) is 8.01. The minimum Gasteiger partial charge on any atom is -0.316 e. The SMILES string of the molecule is Cc1ccc2nc(CS(=O)(=O)c3nc(C)c(C)n3C3CCCCC3)cc(=O)n2c1. The van der Waals surface area contributed by atoms with Crippen molar-refractivity contribution in [3.8, 4) is 0 Å². The van der Waals surface area contributed by atoms with Crippen LogP contribution >= 0.6 is 0 Å². The molecule has 3 aromatic heterocycles. The molecule has 7 nitrogen and oxygen atoms in total. The molecule has 154 valence electrons. The molecule has 0 radical (unpaired) electrons. The molecule has 0 spiro atoms. The van der Waals surface area contributed by atoms with Crippen LogP contribution in [0.4, 0.5) is 0 Å². The van der Waals surface area contributed by atoms with E-state index < -0.39 is 9.84 Å². The lowest BCUT2D eigenvalue weighted by molar-refractivity contribution is 0.329. The second-order valence-corrected chi connectivity index (χ2v) is 9.89. The third kappa shape index (κ3) is 3.73. The summed E-state index contributed by atoms with van der Waals surface area (Å²) in [6.07, 6.45) is 7.02. The van der Waals surface area contributed by atoms with Crippen LogP contribution in [0, 0.1) is 20.8 Å². The molecule has 4 rings (SSSR count). The number of hydrogen-bond donors (Lipinski definition) is 0. The molecule has 29 heavy (non-hydrogen) atoms. The Morgan fingerprint density at radius 2 is 1.79 bits per heavy atom. The van der Waals surface area contributed by atoms with E-state index in [9.17, 15) is 13.2 Å². The van der Waals surface area contributed by atoms with E-state index in [1.807, 2.05) is 31.4 Å². The third-order valence-corrected chi connectivity index (χ3v) is 7.29. The van der Waals surface area contributed by atoms with Gasteiger partial charge in [0.1, 0.15) is 11.4 Å². The summed E-state index contributed by atoms with van der Waals surface area (Å²) in [6, 6.07) is 5.04. The molecule has 0 aliphatic heterocycles. The Morgan fingerprint density at radius 1 is 1.07 bits per heavy atom. The zero-order valence-corrected chi connectivity index (χ0v) is 17.9. The van der Waals surface area contributed by atoms with Gasteiger partial charge >= 0.3 is 0 Å². The lowest BCUT2D eigenvalue weighted by Gasteiger charge is -2.26. The van der Waals surface area contributed by atoms with Crippen molar-refractivity contribution in [1.82, 2.24) is 18.9 Å². The number of fused-ring (bicyclic) bond motifs is 1. The Balaban J connectivity index is 1.75. The zero-order chi connectivity index (χ0) is 20.8. The highest BCUT2D eigenvalue weighted by Gasteiger charge is 2.29. The van der Waals surface area contributed by atoms with Gasteiger partial charge in [0.25, 0.3) is 5.56 Å². The Labute approximate surface area is 170 Å². The molecule has 1 saturated carbocycles. The van der Waals surface area contributed by atoms with Crippen molar-refractivity contribution < 1.29 is 8.42 Å². The van der Waals surface area contributed by atoms with Gasteiger partial charge in [-0.25, -0.2) is 18.4 Å². The van der Waals surface area contributed by atoms with Gasteiger partial charge in [0.05, 0.1) is 11.4 Å². The number of aryl methyl sites for hydroxylation is 2. The first-order valence-corrected chi connectivity index (χ1v) is 11.7. The highest BCUT2D eigenvalue weighted by molar-refractivity contribution is 7.90. The molecule has 1 aliphatic rings. The summed E-state index contributed by atoms with van der Waals surface area (Å²) in [5.74, 6) is -0.338. The average molecular weight is 415 g/mol. The highest BCUT2D eigenvalue weighted by Crippen LogP contribution is 2.33. The summed E-state index contributed by atoms with van der Waals surface area (Å²) in [7, 11) is -3.75. The Kier molecular flexibility index (Phi) is 5.06. The fourth-order valence-electron chi connectivity index (χ4n) is 4.18. The van der Waals surface area contributed by atoms with Crippen molar-refractivity contribution in [2.24, 2.45) is 0 Å². The number of hydrogen-bond acceptors (Lipinski definition) is 5. The van der Waals surface area contributed by atoms with E-state index in [0.717, 1.165) is 42.6 Å². The number of imidazole rings is 1. The lowest BCUT2D eigenvalue weighted by Crippen LogP contribution is -2.22. The van der Waals surface area contributed by atoms with Gasteiger partial charge in [-0.1, -0.05) is 25.3 Å². The molecule has 8 heteroatoms. The number of pyridine rings is 1. The summed E-state index contributed by atoms with van der Waals surface area (Å²) in [5, 5.41) is 0.102. The molecule has 3 aromatic rings. The van der Waals surface area contributed by atoms with Crippen LogP contribution in [-0.4, -0.2) is 27.4 Å². The van der Waals surface area contributed by atoms with E-state index >= 15 is 0 Å². The first-order valence-electron chi connectivity index (χ1n) is 10.0. The molecule has 0 aromatic carbocycles. The van der Waals surface area contributed by atoms with Crippen molar-refractivity contribution in [3.63, 3.8) is 0 Å². The van der Waals surface area contributed by atoms with Crippen LogP contribution in [-0.2, 0) is 15.6 Å². The standard InChI is InChI=1S/C21H26N4O3S/c1-14-9-10-19-23-17(11-20(26)24(19)12-14)13-29(27,28)21-22-15(2)16(3)25(21)18-7-5-4-6-8-18/h9-12,18H,4-8,13H2,1-3H3. The van der Waals surface area contributed by atoms with E-state index in [1.54, 1.807) is 12.3 Å². The van der Waals surface area contributed by atoms with Crippen molar-refractivity contribution in [2.75, 3.05) is 0 Å². The van der Waals surface area contributed by atoms with Crippen molar-refractivity contribution in [2.45, 2.75) is 69.8 Å². The largest absolute Gasteiger partial charge is 0.316 e. The van der Waals surface area contributed by atoms with Gasteiger partial charge in [-0.2, -0.15) is 0 Å². The predicted octanol–water partition coefficient (Wildman–Crippen LogP) is 3.30. The monoisotopic (exact) mass is 414 g/mol. The second kappa shape index (κ2) is 7.40. The molecule has 3 heterocycles. The molecule has 0 unspecified atom stereocenters. The topological polar surface area (TPSA) is 86.3 Å². The maximum Gasteiger partial charge on any atom is 0.258 e. The van der Waals surface area contributed by atoms with Gasteiger partial charge in [0.2, 0.25) is 15.0 Å². The summed E-state index contributed by atoms with van der Waals surface area (Å²) in [6.45, 7) is 5.66. The summed E-state index contributed by atoms with van der Waals surface area (Å²) in [4.78, 5) is 21.3. The van der Waals surface area contributed by atoms with E-state index in [4.69, 9.17) is 0 Å². The zero-order valence-electron chi connectivity index (χ0n) is 17.1. The summed E-state index contributed by atoms with van der Waals surface area (Å²) in [5.41, 5.74) is 2.96. The normalized spacial score (nSPS) is 15.8. The molecular formula is C21H26N4O3S. The first kappa shape index (κ1) is 19.8. The van der Waals surface area contributed by atoms with E-state index in [1.165, 1.54) is 16.9 Å². The average Bonchev–Trinajstić information content (AvgIpc) is 2.99. The van der Waals surface area contributed by atoms with Crippen LogP contribution < -0.4 is 5.56 Å². The molecule has 1 fully saturated rings. The molecule has 1 aliphatic carbocycles. The van der Waals surface area contributed by atoms with Crippen LogP contribution in [0.2, 0.25) is 0 Å². The smallest absolute Gasteiger partial charge is 0.258 e. The summed E-state index contributed by atoms with van der Waals surface area (Å²) >= 11 is 0. The van der Waals surface area contributed by atoms with Crippen LogP contribution in [0.25, 0.3) is 5.65 Å². The third-order valence-electron chi connectivity index (χ3n) is 5.77. The Bertz CT molecular complexity index is 1230. The number of sulfone groups is 1. The van der Waals surface area contributed by atoms with Gasteiger partial charge in [-0.05, 0) is 45.2 Å². The fraction of sp³-hybridized carbons (Fsp3) is 0.476. The fourth-order valence-corrected chi connectivity index (χ4v) is 5.70. The maximum atomic E-state index is 13.3. The van der Waals surface area contributed by atoms with E-state index in [-0.39, 0.29) is 28.2 Å². The van der Waals surface area contributed by atoms with Gasteiger partial charge in [0.15, 0.2) is 0 Å². The quantitative estimate of drug-likeness (QED) is 0.654. The first-order chi connectivity index (χ1) is 13.8. The van der Waals surface area contributed by atoms with Crippen LogP contribution in [0.15, 0.2) is 34.3 Å². The van der Waals surface area contributed by atoms with Gasteiger partial charge in [0, 0.05) is 24.0 Å². The minimum absolute atomic E-state index is 0.102. The Morgan fingerprint density at radius 3 is 2.52 bits per heavy atom. The van der Waals surface area contributed by atoms with Crippen molar-refractivity contribution in [3.05, 3.63) is 57.4 Å². The Hall–Kier alpha value is -2.48. The van der Waals surface area contributed by atoms with Crippen LogP contribution in [0.5, 0.6) is 0 Å². The van der Waals surface area contributed by atoms with Crippen LogP contribution in [0.3, 0.4) is 0 Å². The molecule has 0 atom stereocenters. The van der Waals surface area contributed by atoms with Gasteiger partial charge < -0.3 is 4.57 Å². The van der Waals surface area contributed by atoms with Crippen LogP contribution in [0.1, 0.15) is 60.8 Å². The minimum atomic E-state index is -3.75. The van der Waals surface area contributed by atoms with Gasteiger partial charge in [-0.3, -0.25) is 9.20 Å². The lowest BCUT2D eigenvalue weighted by atomic mass is 9.95.